The molecule has 0 spiro atoms. The SMILES string of the molecule is CCN1C(S(C)(=O)=O)C1(S(C)(=O)=O)S(C)(=O)=O. The Kier molecular flexibility index (Phi) is 3.20. The van der Waals surface area contributed by atoms with E-state index in [-0.39, 0.29) is 6.54 Å². The number of hydrogen-bond acceptors (Lipinski definition) is 7. The summed E-state index contributed by atoms with van der Waals surface area (Å²) in [4.78, 5) is 0.965. The van der Waals surface area contributed by atoms with E-state index in [4.69, 9.17) is 0 Å². The summed E-state index contributed by atoms with van der Waals surface area (Å²) in [5, 5.41) is -1.51. The van der Waals surface area contributed by atoms with Crippen molar-refractivity contribution in [1.29, 1.82) is 0 Å². The lowest BCUT2D eigenvalue weighted by Crippen LogP contribution is -2.39. The van der Waals surface area contributed by atoms with E-state index >= 15 is 0 Å². The van der Waals surface area contributed by atoms with Crippen LogP contribution in [0.2, 0.25) is 0 Å². The fraction of sp³-hybridized carbons (Fsp3) is 1.00. The molecule has 0 aromatic carbocycles. The Balaban J connectivity index is 3.64. The molecule has 1 saturated heterocycles. The highest BCUT2D eigenvalue weighted by Gasteiger charge is 2.79. The van der Waals surface area contributed by atoms with Crippen molar-refractivity contribution in [1.82, 2.24) is 4.90 Å². The third kappa shape index (κ3) is 1.90. The van der Waals surface area contributed by atoms with Crippen molar-refractivity contribution in [3.8, 4) is 0 Å². The summed E-state index contributed by atoms with van der Waals surface area (Å²) >= 11 is 0. The maximum absolute atomic E-state index is 11.7. The maximum atomic E-state index is 11.7. The maximum Gasteiger partial charge on any atom is 0.256 e. The Morgan fingerprint density at radius 1 is 0.941 bits per heavy atom. The highest BCUT2D eigenvalue weighted by Crippen LogP contribution is 2.51. The summed E-state index contributed by atoms with van der Waals surface area (Å²) < 4.78 is 67.5. The predicted octanol–water partition coefficient (Wildman–Crippen LogP) is -1.56. The van der Waals surface area contributed by atoms with E-state index in [1.165, 1.54) is 6.92 Å². The largest absolute Gasteiger partial charge is 0.256 e. The molecule has 0 saturated carbocycles. The molecular weight excluding hydrogens is 290 g/mol. The van der Waals surface area contributed by atoms with E-state index in [1.807, 2.05) is 0 Å². The fourth-order valence-electron chi connectivity index (χ4n) is 2.23. The monoisotopic (exact) mass is 305 g/mol. The van der Waals surface area contributed by atoms with Crippen LogP contribution in [0.25, 0.3) is 0 Å². The Morgan fingerprint density at radius 2 is 1.29 bits per heavy atom. The van der Waals surface area contributed by atoms with Crippen LogP contribution in [0, 0.1) is 0 Å². The zero-order valence-corrected chi connectivity index (χ0v) is 12.4. The lowest BCUT2D eigenvalue weighted by Gasteiger charge is -2.12. The lowest BCUT2D eigenvalue weighted by molar-refractivity contribution is 0.508. The summed E-state index contributed by atoms with van der Waals surface area (Å²) in [6, 6.07) is 0. The first-order valence-corrected chi connectivity index (χ1v) is 10.4. The van der Waals surface area contributed by atoms with Crippen LogP contribution in [0.1, 0.15) is 6.92 Å². The van der Waals surface area contributed by atoms with Gasteiger partial charge in [0, 0.05) is 18.8 Å². The highest BCUT2D eigenvalue weighted by molar-refractivity contribution is 8.11. The van der Waals surface area contributed by atoms with Crippen molar-refractivity contribution in [3.63, 3.8) is 0 Å². The Morgan fingerprint density at radius 3 is 1.35 bits per heavy atom. The van der Waals surface area contributed by atoms with E-state index in [0.717, 1.165) is 23.7 Å². The molecule has 1 aliphatic rings. The first kappa shape index (κ1) is 14.9. The molecule has 1 fully saturated rings. The second-order valence-corrected chi connectivity index (χ2v) is 10.8. The predicted molar refractivity (Wildman–Crippen MR) is 63.4 cm³/mol. The smallest absolute Gasteiger partial charge is 0.250 e. The summed E-state index contributed by atoms with van der Waals surface area (Å²) in [7, 11) is -12.0. The van der Waals surface area contributed by atoms with Gasteiger partial charge >= 0.3 is 0 Å². The van der Waals surface area contributed by atoms with Gasteiger partial charge in [0.25, 0.3) is 4.20 Å². The van der Waals surface area contributed by atoms with Crippen molar-refractivity contribution in [3.05, 3.63) is 0 Å². The zero-order valence-electron chi connectivity index (χ0n) is 9.91. The van der Waals surface area contributed by atoms with Crippen molar-refractivity contribution < 1.29 is 25.3 Å². The molecule has 1 heterocycles. The molecule has 0 N–H and O–H groups in total. The van der Waals surface area contributed by atoms with Gasteiger partial charge in [-0.15, -0.1) is 0 Å². The molecule has 10 heteroatoms. The van der Waals surface area contributed by atoms with Gasteiger partial charge in [-0.05, 0) is 6.54 Å². The molecule has 0 aliphatic carbocycles. The van der Waals surface area contributed by atoms with Gasteiger partial charge in [0.15, 0.2) is 34.9 Å². The van der Waals surface area contributed by atoms with Gasteiger partial charge in [0.2, 0.25) is 0 Å². The molecule has 0 amide bonds. The number of hydrogen-bond donors (Lipinski definition) is 0. The lowest BCUT2D eigenvalue weighted by atomic mass is 10.8. The van der Waals surface area contributed by atoms with Crippen molar-refractivity contribution in [2.24, 2.45) is 0 Å². The van der Waals surface area contributed by atoms with Crippen molar-refractivity contribution >= 4 is 29.5 Å². The van der Waals surface area contributed by atoms with Crippen LogP contribution in [0.15, 0.2) is 0 Å². The van der Waals surface area contributed by atoms with Gasteiger partial charge in [-0.25, -0.2) is 30.2 Å². The van der Waals surface area contributed by atoms with Crippen LogP contribution in [0.4, 0.5) is 0 Å². The molecule has 0 aromatic heterocycles. The van der Waals surface area contributed by atoms with Crippen LogP contribution in [0.5, 0.6) is 0 Å². The Hall–Kier alpha value is -0.190. The molecule has 1 rings (SSSR count). The molecule has 102 valence electrons. The normalized spacial score (nSPS) is 28.9. The van der Waals surface area contributed by atoms with E-state index in [1.54, 1.807) is 0 Å². The molecular formula is C7H15NO6S3. The minimum Gasteiger partial charge on any atom is -0.250 e. The summed E-state index contributed by atoms with van der Waals surface area (Å²) in [6.07, 6.45) is 2.31. The highest BCUT2D eigenvalue weighted by atomic mass is 32.3. The topological polar surface area (TPSA) is 105 Å². The summed E-state index contributed by atoms with van der Waals surface area (Å²) in [5.41, 5.74) is 0. The molecule has 2 unspecified atom stereocenters. The number of sulfone groups is 3. The van der Waals surface area contributed by atoms with E-state index in [9.17, 15) is 25.3 Å². The Bertz CT molecular complexity index is 597. The number of likely N-dealkylation sites (N-methyl/N-ethyl adjacent to an activating group) is 1. The fourth-order valence-corrected chi connectivity index (χ4v) is 10.3. The summed E-state index contributed by atoms with van der Waals surface area (Å²) in [6.45, 7) is 1.54. The van der Waals surface area contributed by atoms with Crippen LogP contribution in [-0.2, 0) is 29.5 Å². The van der Waals surface area contributed by atoms with Gasteiger partial charge in [-0.1, -0.05) is 6.92 Å². The minimum absolute atomic E-state index is 0.0257. The first-order chi connectivity index (χ1) is 7.31. The second-order valence-electron chi connectivity index (χ2n) is 4.14. The minimum atomic E-state index is -4.08. The summed E-state index contributed by atoms with van der Waals surface area (Å²) in [5.74, 6) is 0. The third-order valence-corrected chi connectivity index (χ3v) is 9.30. The number of nitrogens with zero attached hydrogens (tertiary/aromatic N) is 1. The van der Waals surface area contributed by atoms with Gasteiger partial charge < -0.3 is 0 Å². The molecule has 0 aromatic rings. The van der Waals surface area contributed by atoms with Crippen molar-refractivity contribution in [2.75, 3.05) is 25.3 Å². The van der Waals surface area contributed by atoms with Crippen LogP contribution >= 0.6 is 0 Å². The molecule has 2 atom stereocenters. The van der Waals surface area contributed by atoms with Crippen LogP contribution in [0.3, 0.4) is 0 Å². The molecule has 0 radical (unpaired) electrons. The van der Waals surface area contributed by atoms with Gasteiger partial charge in [-0.3, -0.25) is 0 Å². The quantitative estimate of drug-likeness (QED) is 0.578. The average molecular weight is 305 g/mol. The second kappa shape index (κ2) is 3.65. The van der Waals surface area contributed by atoms with Gasteiger partial charge in [0.05, 0.1) is 0 Å². The van der Waals surface area contributed by atoms with Gasteiger partial charge in [0.1, 0.15) is 0 Å². The third-order valence-electron chi connectivity index (χ3n) is 2.74. The van der Waals surface area contributed by atoms with E-state index in [2.05, 4.69) is 0 Å². The Labute approximate surface area is 102 Å². The average Bonchev–Trinajstić information content (AvgIpc) is 2.69. The van der Waals surface area contributed by atoms with Crippen LogP contribution in [-0.4, -0.2) is 65.0 Å². The van der Waals surface area contributed by atoms with E-state index < -0.39 is 39.1 Å². The molecule has 17 heavy (non-hydrogen) atoms. The van der Waals surface area contributed by atoms with Gasteiger partial charge in [-0.2, -0.15) is 0 Å². The zero-order chi connectivity index (χ0) is 13.9. The van der Waals surface area contributed by atoms with Crippen LogP contribution < -0.4 is 0 Å². The molecule has 1 aliphatic heterocycles. The first-order valence-electron chi connectivity index (χ1n) is 4.66. The van der Waals surface area contributed by atoms with E-state index in [0.29, 0.717) is 0 Å². The number of rotatable bonds is 4. The molecule has 7 nitrogen and oxygen atoms in total. The van der Waals surface area contributed by atoms with Crippen molar-refractivity contribution in [2.45, 2.75) is 16.5 Å². The standard InChI is InChI=1S/C7H15NO6S3/c1-5-8-6(15(2,9)10)7(8,16(3,11)12)17(4,13)14/h6H,5H2,1-4H3. The molecule has 0 bridgehead atoms.